The first-order valence-electron chi connectivity index (χ1n) is 9.50. The first-order chi connectivity index (χ1) is 14.0. The highest BCUT2D eigenvalue weighted by Crippen LogP contribution is 2.24. The van der Waals surface area contributed by atoms with Gasteiger partial charge in [0.05, 0.1) is 27.8 Å². The summed E-state index contributed by atoms with van der Waals surface area (Å²) < 4.78 is 1.66. The molecule has 0 aliphatic heterocycles. The van der Waals surface area contributed by atoms with Crippen LogP contribution in [0, 0.1) is 11.3 Å². The van der Waals surface area contributed by atoms with Gasteiger partial charge in [0.1, 0.15) is 0 Å². The highest BCUT2D eigenvalue weighted by atomic mass is 32.2. The number of aromatic nitrogens is 2. The maximum atomic E-state index is 12.9. The second-order valence-electron chi connectivity index (χ2n) is 6.66. The largest absolute Gasteiger partial charge is 0.325 e. The van der Waals surface area contributed by atoms with Gasteiger partial charge in [0, 0.05) is 12.2 Å². The molecule has 1 aromatic heterocycles. The third-order valence-electron chi connectivity index (χ3n) is 4.47. The molecule has 1 amide bonds. The van der Waals surface area contributed by atoms with E-state index in [0.717, 1.165) is 12.8 Å². The standard InChI is InChI=1S/C22H22N4O2S/c1-3-4-12-26-21(28)18-10-5-6-11-19(18)25-22(26)29-15(2)20(27)24-17-9-7-8-16(13-17)14-23/h5-11,13,15H,3-4,12H2,1-2H3,(H,24,27)/t15-/m0/s1. The Balaban J connectivity index is 1.86. The Bertz CT molecular complexity index is 1130. The Labute approximate surface area is 173 Å². The van der Waals surface area contributed by atoms with Crippen LogP contribution in [0.25, 0.3) is 10.9 Å². The molecule has 0 aliphatic carbocycles. The van der Waals surface area contributed by atoms with Crippen LogP contribution in [0.4, 0.5) is 5.69 Å². The first-order valence-corrected chi connectivity index (χ1v) is 10.4. The predicted molar refractivity (Wildman–Crippen MR) is 116 cm³/mol. The van der Waals surface area contributed by atoms with Crippen LogP contribution in [0.1, 0.15) is 32.3 Å². The van der Waals surface area contributed by atoms with E-state index in [-0.39, 0.29) is 11.5 Å². The zero-order valence-electron chi connectivity index (χ0n) is 16.4. The number of thioether (sulfide) groups is 1. The summed E-state index contributed by atoms with van der Waals surface area (Å²) in [6, 6.07) is 16.1. The number of nitrogens with zero attached hydrogens (tertiary/aromatic N) is 3. The minimum absolute atomic E-state index is 0.0825. The number of unbranched alkanes of at least 4 members (excludes halogenated alkanes) is 1. The van der Waals surface area contributed by atoms with E-state index < -0.39 is 5.25 Å². The van der Waals surface area contributed by atoms with Crippen molar-refractivity contribution in [3.05, 3.63) is 64.4 Å². The van der Waals surface area contributed by atoms with Gasteiger partial charge >= 0.3 is 0 Å². The molecule has 0 saturated heterocycles. The van der Waals surface area contributed by atoms with Gasteiger partial charge in [-0.2, -0.15) is 5.26 Å². The van der Waals surface area contributed by atoms with Crippen molar-refractivity contribution < 1.29 is 4.79 Å². The molecule has 6 nitrogen and oxygen atoms in total. The van der Waals surface area contributed by atoms with Crippen molar-refractivity contribution >= 4 is 34.3 Å². The Morgan fingerprint density at radius 2 is 2.07 bits per heavy atom. The number of hydrogen-bond donors (Lipinski definition) is 1. The Kier molecular flexibility index (Phi) is 6.68. The second kappa shape index (κ2) is 9.39. The van der Waals surface area contributed by atoms with Gasteiger partial charge in [-0.1, -0.05) is 43.3 Å². The predicted octanol–water partition coefficient (Wildman–Crippen LogP) is 4.19. The zero-order valence-corrected chi connectivity index (χ0v) is 17.2. The summed E-state index contributed by atoms with van der Waals surface area (Å²) in [7, 11) is 0. The lowest BCUT2D eigenvalue weighted by atomic mass is 10.2. The summed E-state index contributed by atoms with van der Waals surface area (Å²) in [5.74, 6) is -0.213. The molecule has 0 spiro atoms. The lowest BCUT2D eigenvalue weighted by Crippen LogP contribution is -2.27. The smallest absolute Gasteiger partial charge is 0.262 e. The number of nitriles is 1. The fourth-order valence-corrected chi connectivity index (χ4v) is 3.81. The molecule has 0 saturated carbocycles. The number of amides is 1. The molecule has 1 heterocycles. The third-order valence-corrected chi connectivity index (χ3v) is 5.56. The molecule has 1 atom stereocenters. The van der Waals surface area contributed by atoms with Crippen LogP contribution in [0.2, 0.25) is 0 Å². The maximum Gasteiger partial charge on any atom is 0.262 e. The topological polar surface area (TPSA) is 87.8 Å². The molecule has 1 N–H and O–H groups in total. The number of rotatable bonds is 7. The average molecular weight is 407 g/mol. The van der Waals surface area contributed by atoms with Gasteiger partial charge in [0.25, 0.3) is 5.56 Å². The highest BCUT2D eigenvalue weighted by molar-refractivity contribution is 8.00. The van der Waals surface area contributed by atoms with Gasteiger partial charge in [-0.05, 0) is 43.7 Å². The third kappa shape index (κ3) is 4.84. The summed E-state index contributed by atoms with van der Waals surface area (Å²) in [6.07, 6.45) is 1.81. The monoisotopic (exact) mass is 406 g/mol. The molecule has 148 valence electrons. The van der Waals surface area contributed by atoms with Crippen LogP contribution in [0.15, 0.2) is 58.5 Å². The molecule has 7 heteroatoms. The van der Waals surface area contributed by atoms with Crippen LogP contribution in [0.5, 0.6) is 0 Å². The molecule has 3 aromatic rings. The summed E-state index contributed by atoms with van der Waals surface area (Å²) >= 11 is 1.26. The van der Waals surface area contributed by atoms with E-state index in [0.29, 0.717) is 33.9 Å². The van der Waals surface area contributed by atoms with Crippen molar-refractivity contribution in [2.45, 2.75) is 43.6 Å². The van der Waals surface area contributed by atoms with E-state index in [1.807, 2.05) is 18.2 Å². The molecule has 29 heavy (non-hydrogen) atoms. The van der Waals surface area contributed by atoms with E-state index in [4.69, 9.17) is 5.26 Å². The van der Waals surface area contributed by atoms with Gasteiger partial charge < -0.3 is 5.32 Å². The van der Waals surface area contributed by atoms with E-state index in [9.17, 15) is 9.59 Å². The van der Waals surface area contributed by atoms with Crippen LogP contribution in [-0.4, -0.2) is 20.7 Å². The van der Waals surface area contributed by atoms with Gasteiger partial charge in [0.15, 0.2) is 5.16 Å². The Morgan fingerprint density at radius 3 is 2.83 bits per heavy atom. The number of carbonyl (C=O) groups excluding carboxylic acids is 1. The van der Waals surface area contributed by atoms with Crippen LogP contribution < -0.4 is 10.9 Å². The van der Waals surface area contributed by atoms with Crippen LogP contribution in [0.3, 0.4) is 0 Å². The molecule has 0 bridgehead atoms. The average Bonchev–Trinajstić information content (AvgIpc) is 2.73. The number of nitrogens with one attached hydrogen (secondary N) is 1. The lowest BCUT2D eigenvalue weighted by molar-refractivity contribution is -0.115. The quantitative estimate of drug-likeness (QED) is 0.470. The van der Waals surface area contributed by atoms with E-state index >= 15 is 0 Å². The first kappa shape index (κ1) is 20.6. The summed E-state index contributed by atoms with van der Waals surface area (Å²) in [5, 5.41) is 12.5. The minimum Gasteiger partial charge on any atom is -0.325 e. The van der Waals surface area contributed by atoms with Gasteiger partial charge in [-0.25, -0.2) is 4.98 Å². The van der Waals surface area contributed by atoms with Crippen molar-refractivity contribution in [2.75, 3.05) is 5.32 Å². The molecular weight excluding hydrogens is 384 g/mol. The van der Waals surface area contributed by atoms with Gasteiger partial charge in [-0.3, -0.25) is 14.2 Å². The van der Waals surface area contributed by atoms with E-state index in [1.54, 1.807) is 41.8 Å². The van der Waals surface area contributed by atoms with Crippen molar-refractivity contribution in [3.8, 4) is 6.07 Å². The number of para-hydroxylation sites is 1. The highest BCUT2D eigenvalue weighted by Gasteiger charge is 2.19. The van der Waals surface area contributed by atoms with E-state index in [1.165, 1.54) is 11.8 Å². The van der Waals surface area contributed by atoms with Crippen LogP contribution >= 0.6 is 11.8 Å². The van der Waals surface area contributed by atoms with Gasteiger partial charge in [-0.15, -0.1) is 0 Å². The Hall–Kier alpha value is -3.11. The molecule has 0 unspecified atom stereocenters. The summed E-state index contributed by atoms with van der Waals surface area (Å²) in [6.45, 7) is 4.41. The lowest BCUT2D eigenvalue weighted by Gasteiger charge is -2.16. The molecule has 3 rings (SSSR count). The summed E-state index contributed by atoms with van der Waals surface area (Å²) in [4.78, 5) is 30.3. The Morgan fingerprint density at radius 1 is 1.28 bits per heavy atom. The van der Waals surface area contributed by atoms with Crippen molar-refractivity contribution in [1.82, 2.24) is 9.55 Å². The summed E-state index contributed by atoms with van der Waals surface area (Å²) in [5.41, 5.74) is 1.59. The number of fused-ring (bicyclic) bond motifs is 1. The molecule has 0 fully saturated rings. The fourth-order valence-electron chi connectivity index (χ4n) is 2.87. The molecule has 0 aliphatic rings. The zero-order chi connectivity index (χ0) is 20.8. The van der Waals surface area contributed by atoms with Crippen LogP contribution in [-0.2, 0) is 11.3 Å². The van der Waals surface area contributed by atoms with Gasteiger partial charge in [0.2, 0.25) is 5.91 Å². The molecular formula is C22H22N4O2S. The molecule has 0 radical (unpaired) electrons. The SMILES string of the molecule is CCCCn1c(S[C@@H](C)C(=O)Nc2cccc(C#N)c2)nc2ccccc2c1=O. The number of carbonyl (C=O) groups is 1. The second-order valence-corrected chi connectivity index (χ2v) is 7.97. The fraction of sp³-hybridized carbons (Fsp3) is 0.273. The number of hydrogen-bond acceptors (Lipinski definition) is 5. The minimum atomic E-state index is -0.471. The van der Waals surface area contributed by atoms with Crippen molar-refractivity contribution in [2.24, 2.45) is 0 Å². The normalized spacial score (nSPS) is 11.8. The number of anilines is 1. The maximum absolute atomic E-state index is 12.9. The van der Waals surface area contributed by atoms with Crippen molar-refractivity contribution in [1.29, 1.82) is 5.26 Å². The van der Waals surface area contributed by atoms with Crippen molar-refractivity contribution in [3.63, 3.8) is 0 Å². The number of benzene rings is 2. The molecule has 2 aromatic carbocycles. The van der Waals surface area contributed by atoms with E-state index in [2.05, 4.69) is 23.3 Å².